The van der Waals surface area contributed by atoms with Crippen LogP contribution in [0.4, 0.5) is 0 Å². The Morgan fingerprint density at radius 3 is 1.00 bits per heavy atom. The Morgan fingerprint density at radius 1 is 0.800 bits per heavy atom. The molecule has 0 aliphatic heterocycles. The Hall–Kier alpha value is 1.03. The summed E-state index contributed by atoms with van der Waals surface area (Å²) in [7, 11) is -1.84. The molecule has 0 unspecified atom stereocenters. The molecule has 0 aliphatic carbocycles. The standard InChI is InChI=1S/C6H18NSi2.Ga.2H/c1-8(2,3)7-9(4,5)6;;;/h1-6H3;;;/q-1;+1;;. The van der Waals surface area contributed by atoms with E-state index in [9.17, 15) is 0 Å². The summed E-state index contributed by atoms with van der Waals surface area (Å²) in [6.45, 7) is 14.7. The van der Waals surface area contributed by atoms with Crippen molar-refractivity contribution in [2.75, 3.05) is 0 Å². The van der Waals surface area contributed by atoms with E-state index in [1.807, 2.05) is 0 Å². The van der Waals surface area contributed by atoms with Gasteiger partial charge in [-0.05, 0) is 0 Å². The van der Waals surface area contributed by atoms with Gasteiger partial charge in [0.1, 0.15) is 0 Å². The maximum absolute atomic E-state index is 2.84. The van der Waals surface area contributed by atoms with Crippen molar-refractivity contribution < 1.29 is 0 Å². The van der Waals surface area contributed by atoms with Crippen LogP contribution in [0.5, 0.6) is 0 Å². The quantitative estimate of drug-likeness (QED) is 0.652. The van der Waals surface area contributed by atoms with Crippen molar-refractivity contribution >= 4 is 35.3 Å². The SMILES string of the molecule is C[Si](C)(C)[N]([GaH2])[Si](C)(C)C. The van der Waals surface area contributed by atoms with Gasteiger partial charge in [0.15, 0.2) is 0 Å². The fourth-order valence-corrected chi connectivity index (χ4v) is 9.06. The van der Waals surface area contributed by atoms with Crippen molar-refractivity contribution in [2.24, 2.45) is 0 Å². The summed E-state index contributed by atoms with van der Waals surface area (Å²) in [6.07, 6.45) is 0. The second-order valence-electron chi connectivity index (χ2n) is 4.90. The van der Waals surface area contributed by atoms with Crippen LogP contribution in [-0.4, -0.2) is 38.2 Å². The first-order chi connectivity index (χ1) is 4.15. The number of rotatable bonds is 2. The summed E-state index contributed by atoms with van der Waals surface area (Å²) >= 11 is 0.905. The summed E-state index contributed by atoms with van der Waals surface area (Å²) in [5.41, 5.74) is 0. The first-order valence-corrected chi connectivity index (χ1v) is 12.7. The molecule has 0 atom stereocenters. The fourth-order valence-electron chi connectivity index (χ4n) is 1.01. The van der Waals surface area contributed by atoms with E-state index in [0.29, 0.717) is 0 Å². The van der Waals surface area contributed by atoms with E-state index in [1.165, 1.54) is 0 Å². The molecular formula is C6H20GaNSi2. The van der Waals surface area contributed by atoms with Gasteiger partial charge in [-0.15, -0.1) is 0 Å². The number of hydrogen-bond donors (Lipinski definition) is 0. The maximum atomic E-state index is 2.84. The summed E-state index contributed by atoms with van der Waals surface area (Å²) in [5.74, 6) is 0. The van der Waals surface area contributed by atoms with Gasteiger partial charge in [0.25, 0.3) is 0 Å². The van der Waals surface area contributed by atoms with Crippen molar-refractivity contribution in [2.45, 2.75) is 39.3 Å². The molecule has 60 valence electrons. The molecule has 1 nitrogen and oxygen atoms in total. The molecule has 0 radical (unpaired) electrons. The van der Waals surface area contributed by atoms with E-state index < -0.39 is 16.5 Å². The molecule has 0 saturated carbocycles. The molecule has 0 amide bonds. The van der Waals surface area contributed by atoms with Crippen LogP contribution in [-0.2, 0) is 0 Å². The third kappa shape index (κ3) is 3.43. The van der Waals surface area contributed by atoms with Crippen LogP contribution >= 0.6 is 0 Å². The molecule has 0 fully saturated rings. The molecular weight excluding hydrogens is 212 g/mol. The third-order valence-electron chi connectivity index (χ3n) is 2.01. The Labute approximate surface area is 77.6 Å². The molecule has 0 aromatic carbocycles. The van der Waals surface area contributed by atoms with Gasteiger partial charge in [-0.1, -0.05) is 0 Å². The zero-order valence-electron chi connectivity index (χ0n) is 8.45. The molecule has 4 heteroatoms. The van der Waals surface area contributed by atoms with Crippen molar-refractivity contribution in [3.8, 4) is 0 Å². The van der Waals surface area contributed by atoms with Crippen molar-refractivity contribution in [1.29, 1.82) is 0 Å². The van der Waals surface area contributed by atoms with Gasteiger partial charge in [0.05, 0.1) is 0 Å². The summed E-state index contributed by atoms with van der Waals surface area (Å²) < 4.78 is 2.84. The van der Waals surface area contributed by atoms with E-state index >= 15 is 0 Å². The Bertz CT molecular complexity index is 99.9. The molecule has 0 N–H and O–H groups in total. The first kappa shape index (κ1) is 11.0. The topological polar surface area (TPSA) is 3.24 Å². The second-order valence-corrected chi connectivity index (χ2v) is 21.0. The average molecular weight is 232 g/mol. The summed E-state index contributed by atoms with van der Waals surface area (Å²) in [6, 6.07) is 0. The molecule has 0 rings (SSSR count). The van der Waals surface area contributed by atoms with Gasteiger partial charge >= 0.3 is 77.5 Å². The van der Waals surface area contributed by atoms with Crippen LogP contribution in [0, 0.1) is 0 Å². The minimum absolute atomic E-state index is 0.905. The Morgan fingerprint density at radius 2 is 1.00 bits per heavy atom. The van der Waals surface area contributed by atoms with Gasteiger partial charge in [-0.25, -0.2) is 0 Å². The van der Waals surface area contributed by atoms with E-state index in [0.717, 1.165) is 18.8 Å². The second kappa shape index (κ2) is 3.18. The molecule has 0 bridgehead atoms. The van der Waals surface area contributed by atoms with Crippen LogP contribution in [0.3, 0.4) is 0 Å². The van der Waals surface area contributed by atoms with Gasteiger partial charge in [0, 0.05) is 0 Å². The molecule has 0 saturated heterocycles. The summed E-state index contributed by atoms with van der Waals surface area (Å²) in [5, 5.41) is 0. The molecule has 0 aliphatic rings. The van der Waals surface area contributed by atoms with Gasteiger partial charge in [-0.2, -0.15) is 0 Å². The average Bonchev–Trinajstić information content (AvgIpc) is 1.59. The van der Waals surface area contributed by atoms with E-state index in [4.69, 9.17) is 0 Å². The number of hydrogen-bond acceptors (Lipinski definition) is 1. The van der Waals surface area contributed by atoms with Crippen molar-refractivity contribution in [1.82, 2.24) is 2.94 Å². The molecule has 0 aromatic heterocycles. The zero-order valence-corrected chi connectivity index (χ0v) is 14.6. The monoisotopic (exact) mass is 231 g/mol. The van der Waals surface area contributed by atoms with E-state index in [-0.39, 0.29) is 0 Å². The van der Waals surface area contributed by atoms with Crippen LogP contribution in [0.2, 0.25) is 39.3 Å². The normalized spacial score (nSPS) is 14.3. The van der Waals surface area contributed by atoms with Crippen LogP contribution in [0.25, 0.3) is 0 Å². The van der Waals surface area contributed by atoms with E-state index in [2.05, 4.69) is 42.2 Å². The molecule has 0 spiro atoms. The van der Waals surface area contributed by atoms with Crippen molar-refractivity contribution in [3.63, 3.8) is 0 Å². The molecule has 0 heterocycles. The number of nitrogens with zero attached hydrogens (tertiary/aromatic N) is 1. The Kier molecular flexibility index (Phi) is 3.51. The third-order valence-corrected chi connectivity index (χ3v) is 27.0. The molecule has 0 aromatic rings. The predicted molar refractivity (Wildman–Crippen MR) is 57.1 cm³/mol. The molecule has 10 heavy (non-hydrogen) atoms. The summed E-state index contributed by atoms with van der Waals surface area (Å²) in [4.78, 5) is 0. The fraction of sp³-hybridized carbons (Fsp3) is 1.00. The van der Waals surface area contributed by atoms with Crippen LogP contribution in [0.15, 0.2) is 0 Å². The van der Waals surface area contributed by atoms with Crippen LogP contribution < -0.4 is 0 Å². The van der Waals surface area contributed by atoms with Crippen LogP contribution in [0.1, 0.15) is 0 Å². The van der Waals surface area contributed by atoms with Gasteiger partial charge < -0.3 is 0 Å². The van der Waals surface area contributed by atoms with E-state index in [1.54, 1.807) is 0 Å². The predicted octanol–water partition coefficient (Wildman–Crippen LogP) is 1.51. The first-order valence-electron chi connectivity index (χ1n) is 3.89. The van der Waals surface area contributed by atoms with Gasteiger partial charge in [-0.3, -0.25) is 0 Å². The zero-order chi connectivity index (χ0) is 8.58. The van der Waals surface area contributed by atoms with Crippen molar-refractivity contribution in [3.05, 3.63) is 0 Å². The van der Waals surface area contributed by atoms with Gasteiger partial charge in [0.2, 0.25) is 0 Å². The minimum atomic E-state index is -0.918. The Balaban J connectivity index is 4.23.